The molecule has 0 aliphatic carbocycles. The molecule has 0 atom stereocenters. The second-order valence-corrected chi connectivity index (χ2v) is 7.46. The van der Waals surface area contributed by atoms with E-state index in [9.17, 15) is 9.59 Å². The second kappa shape index (κ2) is 9.34. The van der Waals surface area contributed by atoms with Crippen molar-refractivity contribution in [1.29, 1.82) is 0 Å². The van der Waals surface area contributed by atoms with Gasteiger partial charge in [-0.15, -0.1) is 11.3 Å². The minimum absolute atomic E-state index is 0.245. The molecule has 0 aliphatic rings. The summed E-state index contributed by atoms with van der Waals surface area (Å²) in [6, 6.07) is 14.3. The molecule has 0 aliphatic heterocycles. The molecule has 1 amide bonds. The van der Waals surface area contributed by atoms with Gasteiger partial charge in [-0.3, -0.25) is 4.79 Å². The highest BCUT2D eigenvalue weighted by molar-refractivity contribution is 7.13. The van der Waals surface area contributed by atoms with Crippen molar-refractivity contribution in [2.45, 2.75) is 27.4 Å². The molecule has 2 aromatic carbocycles. The number of amides is 1. The summed E-state index contributed by atoms with van der Waals surface area (Å²) in [7, 11) is 0. The van der Waals surface area contributed by atoms with E-state index in [4.69, 9.17) is 9.47 Å². The fourth-order valence-electron chi connectivity index (χ4n) is 2.60. The maximum Gasteiger partial charge on any atom is 0.338 e. The maximum atomic E-state index is 12.6. The van der Waals surface area contributed by atoms with E-state index in [2.05, 4.69) is 10.3 Å². The molecule has 3 aromatic rings. The number of thiazole rings is 1. The molecule has 0 bridgehead atoms. The van der Waals surface area contributed by atoms with E-state index in [0.29, 0.717) is 35.0 Å². The van der Waals surface area contributed by atoms with E-state index >= 15 is 0 Å². The van der Waals surface area contributed by atoms with Crippen molar-refractivity contribution in [3.8, 4) is 5.75 Å². The Labute approximate surface area is 173 Å². The minimum Gasteiger partial charge on any atom is -0.486 e. The fourth-order valence-corrected chi connectivity index (χ4v) is 3.47. The van der Waals surface area contributed by atoms with Gasteiger partial charge in [0.25, 0.3) is 5.91 Å². The molecule has 0 saturated carbocycles. The number of benzene rings is 2. The summed E-state index contributed by atoms with van der Waals surface area (Å²) in [5, 5.41) is 3.56. The third kappa shape index (κ3) is 5.42. The zero-order valence-electron chi connectivity index (χ0n) is 16.5. The molecule has 150 valence electrons. The number of carbonyl (C=O) groups excluding carboxylic acids is 2. The standard InChI is InChI=1S/C22H22N2O4S/c1-4-27-22(26)16-7-9-17(10-8-16)24-21(25)20-15(3)23-19(29-20)13-28-18-11-5-14(2)6-12-18/h5-12H,4,13H2,1-3H3,(H,24,25). The lowest BCUT2D eigenvalue weighted by molar-refractivity contribution is 0.0526. The first-order chi connectivity index (χ1) is 14.0. The molecule has 0 fully saturated rings. The van der Waals surface area contributed by atoms with Gasteiger partial charge >= 0.3 is 5.97 Å². The van der Waals surface area contributed by atoms with Gasteiger partial charge in [0.2, 0.25) is 0 Å². The van der Waals surface area contributed by atoms with Gasteiger partial charge in [-0.05, 0) is 57.2 Å². The number of nitrogens with zero attached hydrogens (tertiary/aromatic N) is 1. The summed E-state index contributed by atoms with van der Waals surface area (Å²) < 4.78 is 10.7. The zero-order valence-corrected chi connectivity index (χ0v) is 17.3. The van der Waals surface area contributed by atoms with E-state index in [1.54, 1.807) is 38.1 Å². The van der Waals surface area contributed by atoms with Crippen LogP contribution in [0.3, 0.4) is 0 Å². The Morgan fingerprint density at radius 1 is 1.03 bits per heavy atom. The number of aromatic nitrogens is 1. The van der Waals surface area contributed by atoms with Crippen LogP contribution in [-0.2, 0) is 11.3 Å². The number of anilines is 1. The van der Waals surface area contributed by atoms with Gasteiger partial charge in [0.1, 0.15) is 22.2 Å². The maximum absolute atomic E-state index is 12.6. The van der Waals surface area contributed by atoms with Crippen LogP contribution in [0.5, 0.6) is 5.75 Å². The van der Waals surface area contributed by atoms with Crippen LogP contribution in [0.25, 0.3) is 0 Å². The zero-order chi connectivity index (χ0) is 20.8. The van der Waals surface area contributed by atoms with Crippen LogP contribution in [0, 0.1) is 13.8 Å². The lowest BCUT2D eigenvalue weighted by Crippen LogP contribution is -2.12. The molecule has 1 aromatic heterocycles. The van der Waals surface area contributed by atoms with E-state index in [1.807, 2.05) is 31.2 Å². The highest BCUT2D eigenvalue weighted by atomic mass is 32.1. The molecule has 1 N–H and O–H groups in total. The third-order valence-electron chi connectivity index (χ3n) is 4.08. The van der Waals surface area contributed by atoms with E-state index in [0.717, 1.165) is 16.3 Å². The number of carbonyl (C=O) groups is 2. The normalized spacial score (nSPS) is 10.4. The molecule has 0 saturated heterocycles. The van der Waals surface area contributed by atoms with Gasteiger partial charge in [-0.25, -0.2) is 9.78 Å². The molecule has 7 heteroatoms. The SMILES string of the molecule is CCOC(=O)c1ccc(NC(=O)c2sc(COc3ccc(C)cc3)nc2C)cc1. The summed E-state index contributed by atoms with van der Waals surface area (Å²) in [5.41, 5.74) is 2.84. The van der Waals surface area contributed by atoms with Crippen molar-refractivity contribution >= 4 is 28.9 Å². The largest absolute Gasteiger partial charge is 0.486 e. The highest BCUT2D eigenvalue weighted by Crippen LogP contribution is 2.22. The Bertz CT molecular complexity index is 995. The topological polar surface area (TPSA) is 77.5 Å². The second-order valence-electron chi connectivity index (χ2n) is 6.38. The highest BCUT2D eigenvalue weighted by Gasteiger charge is 2.16. The molecule has 0 spiro atoms. The molecular formula is C22H22N2O4S. The van der Waals surface area contributed by atoms with Crippen LogP contribution in [-0.4, -0.2) is 23.5 Å². The van der Waals surface area contributed by atoms with Crippen molar-refractivity contribution < 1.29 is 19.1 Å². The Balaban J connectivity index is 1.62. The first kappa shape index (κ1) is 20.5. The van der Waals surface area contributed by atoms with Crippen molar-refractivity contribution in [2.24, 2.45) is 0 Å². The van der Waals surface area contributed by atoms with Gasteiger partial charge in [-0.2, -0.15) is 0 Å². The number of hydrogen-bond acceptors (Lipinski definition) is 6. The van der Waals surface area contributed by atoms with Gasteiger partial charge in [0, 0.05) is 5.69 Å². The number of rotatable bonds is 7. The van der Waals surface area contributed by atoms with Crippen LogP contribution in [0.1, 0.15) is 43.2 Å². The van der Waals surface area contributed by atoms with Crippen molar-refractivity contribution in [2.75, 3.05) is 11.9 Å². The van der Waals surface area contributed by atoms with Crippen LogP contribution < -0.4 is 10.1 Å². The van der Waals surface area contributed by atoms with E-state index in [-0.39, 0.29) is 11.9 Å². The van der Waals surface area contributed by atoms with Crippen molar-refractivity contribution in [1.82, 2.24) is 4.98 Å². The number of ether oxygens (including phenoxy) is 2. The van der Waals surface area contributed by atoms with Crippen LogP contribution in [0.2, 0.25) is 0 Å². The van der Waals surface area contributed by atoms with Crippen LogP contribution >= 0.6 is 11.3 Å². The fraction of sp³-hybridized carbons (Fsp3) is 0.227. The van der Waals surface area contributed by atoms with E-state index < -0.39 is 0 Å². The summed E-state index contributed by atoms with van der Waals surface area (Å²) in [5.74, 6) is 0.128. The average molecular weight is 410 g/mol. The Morgan fingerprint density at radius 3 is 2.38 bits per heavy atom. The van der Waals surface area contributed by atoms with Gasteiger partial charge in [-0.1, -0.05) is 17.7 Å². The molecule has 6 nitrogen and oxygen atoms in total. The Morgan fingerprint density at radius 2 is 1.72 bits per heavy atom. The lowest BCUT2D eigenvalue weighted by Gasteiger charge is -2.06. The van der Waals surface area contributed by atoms with E-state index in [1.165, 1.54) is 11.3 Å². The average Bonchev–Trinajstić information content (AvgIpc) is 3.09. The quantitative estimate of drug-likeness (QED) is 0.568. The number of nitrogens with one attached hydrogen (secondary N) is 1. The monoisotopic (exact) mass is 410 g/mol. The Hall–Kier alpha value is -3.19. The molecule has 1 heterocycles. The number of hydrogen-bond donors (Lipinski definition) is 1. The molecule has 0 unspecified atom stereocenters. The van der Waals surface area contributed by atoms with Crippen LogP contribution in [0.4, 0.5) is 5.69 Å². The Kier molecular flexibility index (Phi) is 6.61. The number of aryl methyl sites for hydroxylation is 2. The van der Waals surface area contributed by atoms with Gasteiger partial charge < -0.3 is 14.8 Å². The van der Waals surface area contributed by atoms with Crippen LogP contribution in [0.15, 0.2) is 48.5 Å². The van der Waals surface area contributed by atoms with Gasteiger partial charge in [0.15, 0.2) is 0 Å². The molecule has 3 rings (SSSR count). The smallest absolute Gasteiger partial charge is 0.338 e. The van der Waals surface area contributed by atoms with Gasteiger partial charge in [0.05, 0.1) is 17.9 Å². The summed E-state index contributed by atoms with van der Waals surface area (Å²) in [6.07, 6.45) is 0. The summed E-state index contributed by atoms with van der Waals surface area (Å²) in [6.45, 7) is 6.19. The minimum atomic E-state index is -0.387. The third-order valence-corrected chi connectivity index (χ3v) is 5.21. The molecule has 29 heavy (non-hydrogen) atoms. The first-order valence-electron chi connectivity index (χ1n) is 9.20. The molecular weight excluding hydrogens is 388 g/mol. The van der Waals surface area contributed by atoms with Crippen molar-refractivity contribution in [3.05, 3.63) is 75.2 Å². The first-order valence-corrected chi connectivity index (χ1v) is 10.0. The summed E-state index contributed by atoms with van der Waals surface area (Å²) >= 11 is 1.30. The lowest BCUT2D eigenvalue weighted by atomic mass is 10.2. The molecule has 0 radical (unpaired) electrons. The summed E-state index contributed by atoms with van der Waals surface area (Å²) in [4.78, 5) is 29.3. The number of esters is 1. The predicted octanol–water partition coefficient (Wildman–Crippen LogP) is 4.77. The van der Waals surface area contributed by atoms with Crippen molar-refractivity contribution in [3.63, 3.8) is 0 Å². The predicted molar refractivity (Wildman–Crippen MR) is 113 cm³/mol.